The highest BCUT2D eigenvalue weighted by Crippen LogP contribution is 2.44. The van der Waals surface area contributed by atoms with Gasteiger partial charge in [-0.3, -0.25) is 4.79 Å². The molecule has 298 valence electrons. The Balaban J connectivity index is 1.63. The Labute approximate surface area is 321 Å². The molecule has 0 radical (unpaired) electrons. The first-order chi connectivity index (χ1) is 26.7. The zero-order valence-corrected chi connectivity index (χ0v) is 31.4. The van der Waals surface area contributed by atoms with E-state index in [4.69, 9.17) is 29.7 Å². The number of imidazole rings is 1. The number of rotatable bonds is 17. The first kappa shape index (κ1) is 42.0. The fourth-order valence-electron chi connectivity index (χ4n) is 6.37. The van der Waals surface area contributed by atoms with Gasteiger partial charge >= 0.3 is 12.4 Å². The molecule has 0 aliphatic rings. The third-order valence-electron chi connectivity index (χ3n) is 9.14. The van der Waals surface area contributed by atoms with Gasteiger partial charge in [0.2, 0.25) is 0 Å². The van der Waals surface area contributed by atoms with E-state index in [9.17, 15) is 31.1 Å². The number of alkyl halides is 6. The number of ether oxygens (including phenoxy) is 4. The molecule has 0 fully saturated rings. The number of Topliss-reactive ketones (excluding diaryl/α,β-unsaturated/α-hetero) is 1. The Hall–Kier alpha value is -5.18. The molecule has 0 bridgehead atoms. The van der Waals surface area contributed by atoms with Crippen LogP contribution in [-0.2, 0) is 28.4 Å². The maximum Gasteiger partial charge on any atom is 0.417 e. The minimum absolute atomic E-state index is 0.0509. The lowest BCUT2D eigenvalue weighted by Gasteiger charge is -2.18. The fraction of sp³-hybridized carbons (Fsp3) is 0.333. The summed E-state index contributed by atoms with van der Waals surface area (Å²) in [5.74, 6) is 0.834. The van der Waals surface area contributed by atoms with Crippen molar-refractivity contribution in [3.05, 3.63) is 112 Å². The zero-order valence-electron chi connectivity index (χ0n) is 31.4. The molecule has 5 rings (SSSR count). The molecule has 0 unspecified atom stereocenters. The number of carbonyl (C=O) groups excluding carboxylic acids is 1. The van der Waals surface area contributed by atoms with Gasteiger partial charge < -0.3 is 29.2 Å². The number of hydrogen-bond acceptors (Lipinski definition) is 7. The molecule has 0 aliphatic carbocycles. The summed E-state index contributed by atoms with van der Waals surface area (Å²) in [6, 6.07) is 18.7. The number of halogens is 6. The minimum Gasteiger partial charge on any atom is -0.496 e. The van der Waals surface area contributed by atoms with E-state index in [1.54, 1.807) is 59.2 Å². The van der Waals surface area contributed by atoms with Gasteiger partial charge in [-0.2, -0.15) is 26.3 Å². The number of ketones is 1. The topological polar surface area (TPSA) is 97.8 Å². The molecule has 4 aromatic carbocycles. The highest BCUT2D eigenvalue weighted by Gasteiger charge is 2.40. The second kappa shape index (κ2) is 18.2. The van der Waals surface area contributed by atoms with E-state index < -0.39 is 29.0 Å². The summed E-state index contributed by atoms with van der Waals surface area (Å²) < 4.78 is 109. The predicted octanol–water partition coefficient (Wildman–Crippen LogP) is 9.56. The van der Waals surface area contributed by atoms with E-state index in [0.29, 0.717) is 90.6 Å². The summed E-state index contributed by atoms with van der Waals surface area (Å²) in [5.41, 5.74) is 6.26. The maximum atomic E-state index is 14.7. The molecule has 0 saturated heterocycles. The van der Waals surface area contributed by atoms with Crippen molar-refractivity contribution in [2.75, 3.05) is 47.2 Å². The fourth-order valence-corrected chi connectivity index (χ4v) is 6.37. The summed E-state index contributed by atoms with van der Waals surface area (Å²) in [6.45, 7) is 5.59. The van der Waals surface area contributed by atoms with Crippen LogP contribution in [0.1, 0.15) is 51.0 Å². The predicted molar refractivity (Wildman–Crippen MR) is 201 cm³/mol. The van der Waals surface area contributed by atoms with Crippen LogP contribution in [0.2, 0.25) is 0 Å². The van der Waals surface area contributed by atoms with E-state index in [2.05, 4.69) is 0 Å². The molecule has 1 heterocycles. The Morgan fingerprint density at radius 1 is 0.732 bits per heavy atom. The van der Waals surface area contributed by atoms with Crippen LogP contribution in [0.3, 0.4) is 0 Å². The maximum absolute atomic E-state index is 14.7. The number of hydrogen-bond donors (Lipinski definition) is 1. The van der Waals surface area contributed by atoms with Crippen LogP contribution in [-0.4, -0.2) is 62.5 Å². The second-order valence-corrected chi connectivity index (χ2v) is 13.1. The van der Waals surface area contributed by atoms with Crippen LogP contribution in [0.15, 0.2) is 78.9 Å². The van der Waals surface area contributed by atoms with Crippen molar-refractivity contribution in [3.8, 4) is 45.4 Å². The van der Waals surface area contributed by atoms with Gasteiger partial charge in [-0.05, 0) is 85.5 Å². The van der Waals surface area contributed by atoms with Crippen LogP contribution < -0.4 is 15.2 Å². The van der Waals surface area contributed by atoms with Crippen LogP contribution in [0, 0.1) is 13.8 Å². The van der Waals surface area contributed by atoms with E-state index >= 15 is 0 Å². The Bertz CT molecular complexity index is 2130. The smallest absolute Gasteiger partial charge is 0.417 e. The van der Waals surface area contributed by atoms with Crippen molar-refractivity contribution in [3.63, 3.8) is 0 Å². The largest absolute Gasteiger partial charge is 0.496 e. The molecular formula is C42H43F6N3O5. The van der Waals surface area contributed by atoms with E-state index in [-0.39, 0.29) is 30.6 Å². The SMILES string of the molecule is COc1ccc(-c2nc(-c3ccc(C(F)(F)F)cc3C(F)(F)F)n(Cc3ccc(C(=O)CCCOCCOCCN)cc3)c2-c2ccc(OC)c(C)c2)cc1C. The van der Waals surface area contributed by atoms with Crippen molar-refractivity contribution >= 4 is 5.78 Å². The number of nitrogens with zero attached hydrogens (tertiary/aromatic N) is 2. The molecule has 2 N–H and O–H groups in total. The molecule has 8 nitrogen and oxygen atoms in total. The Morgan fingerprint density at radius 3 is 1.91 bits per heavy atom. The quantitative estimate of drug-likeness (QED) is 0.0570. The van der Waals surface area contributed by atoms with E-state index in [1.165, 1.54) is 14.2 Å². The van der Waals surface area contributed by atoms with Gasteiger partial charge in [0.15, 0.2) is 5.78 Å². The van der Waals surface area contributed by atoms with Gasteiger partial charge in [-0.25, -0.2) is 4.98 Å². The van der Waals surface area contributed by atoms with Gasteiger partial charge in [0, 0.05) is 48.4 Å². The lowest BCUT2D eigenvalue weighted by molar-refractivity contribution is -0.142. The number of aryl methyl sites for hydroxylation is 2. The van der Waals surface area contributed by atoms with Crippen molar-refractivity contribution < 1.29 is 50.1 Å². The van der Waals surface area contributed by atoms with E-state index in [1.807, 2.05) is 19.9 Å². The third kappa shape index (κ3) is 9.97. The molecule has 0 amide bonds. The van der Waals surface area contributed by atoms with Crippen molar-refractivity contribution in [2.24, 2.45) is 5.73 Å². The van der Waals surface area contributed by atoms with Gasteiger partial charge in [0.05, 0.1) is 56.6 Å². The summed E-state index contributed by atoms with van der Waals surface area (Å²) in [7, 11) is 3.03. The number of aromatic nitrogens is 2. The normalized spacial score (nSPS) is 11.9. The summed E-state index contributed by atoms with van der Waals surface area (Å²) in [5, 5.41) is 0. The first-order valence-electron chi connectivity index (χ1n) is 17.8. The zero-order chi connectivity index (χ0) is 40.6. The molecule has 0 saturated carbocycles. The van der Waals surface area contributed by atoms with Gasteiger partial charge in [-0.15, -0.1) is 0 Å². The Kier molecular flexibility index (Phi) is 13.6. The van der Waals surface area contributed by atoms with E-state index in [0.717, 1.165) is 17.2 Å². The van der Waals surface area contributed by atoms with Gasteiger partial charge in [0.25, 0.3) is 0 Å². The number of benzene rings is 4. The average molecular weight is 784 g/mol. The van der Waals surface area contributed by atoms with Crippen molar-refractivity contribution in [1.82, 2.24) is 9.55 Å². The molecule has 14 heteroatoms. The minimum atomic E-state index is -5.16. The summed E-state index contributed by atoms with van der Waals surface area (Å²) in [4.78, 5) is 17.8. The number of carbonyl (C=O) groups is 1. The molecule has 0 spiro atoms. The molecule has 1 aromatic heterocycles. The van der Waals surface area contributed by atoms with Crippen LogP contribution in [0.4, 0.5) is 26.3 Å². The highest BCUT2D eigenvalue weighted by atomic mass is 19.4. The Morgan fingerprint density at radius 2 is 1.34 bits per heavy atom. The summed E-state index contributed by atoms with van der Waals surface area (Å²) in [6.07, 6.45) is -9.46. The first-order valence-corrected chi connectivity index (χ1v) is 17.8. The van der Waals surface area contributed by atoms with Crippen LogP contribution in [0.5, 0.6) is 11.5 Å². The number of nitrogens with two attached hydrogens (primary N) is 1. The molecular weight excluding hydrogens is 740 g/mol. The van der Waals surface area contributed by atoms with Gasteiger partial charge in [-0.1, -0.05) is 30.3 Å². The number of methoxy groups -OCH3 is 2. The second-order valence-electron chi connectivity index (χ2n) is 13.1. The molecule has 5 aromatic rings. The highest BCUT2D eigenvalue weighted by molar-refractivity contribution is 5.96. The lowest BCUT2D eigenvalue weighted by atomic mass is 10.0. The van der Waals surface area contributed by atoms with Crippen LogP contribution in [0.25, 0.3) is 33.9 Å². The molecule has 56 heavy (non-hydrogen) atoms. The van der Waals surface area contributed by atoms with Crippen molar-refractivity contribution in [2.45, 2.75) is 45.6 Å². The lowest BCUT2D eigenvalue weighted by Crippen LogP contribution is -2.14. The van der Waals surface area contributed by atoms with Crippen LogP contribution >= 0.6 is 0 Å². The van der Waals surface area contributed by atoms with Crippen molar-refractivity contribution in [1.29, 1.82) is 0 Å². The third-order valence-corrected chi connectivity index (χ3v) is 9.14. The van der Waals surface area contributed by atoms with Gasteiger partial charge in [0.1, 0.15) is 17.3 Å². The summed E-state index contributed by atoms with van der Waals surface area (Å²) >= 11 is 0. The molecule has 0 aliphatic heterocycles. The molecule has 0 atom stereocenters. The monoisotopic (exact) mass is 783 g/mol. The average Bonchev–Trinajstić information content (AvgIpc) is 3.53. The standard InChI is InChI=1S/C42H43F6N3O5/c1-26-22-30(11-15-36(26)53-3)38-39(31-12-16-37(54-4)27(2)23-31)51(40(50-38)33-14-13-32(41(43,44)45)24-34(33)42(46,47)48)25-28-7-9-29(10-8-28)35(52)6-5-18-55-20-21-56-19-17-49/h7-16,22-24H,5-6,17-21,25,49H2,1-4H3.